The fourth-order valence-electron chi connectivity index (χ4n) is 4.55. The molecule has 0 saturated heterocycles. The number of carbonyl (C=O) groups is 1. The fourth-order valence-corrected chi connectivity index (χ4v) is 4.55. The average Bonchev–Trinajstić information content (AvgIpc) is 3.04. The molecule has 0 radical (unpaired) electrons. The number of aryl methyl sites for hydroxylation is 1. The third-order valence-electron chi connectivity index (χ3n) is 5.62. The summed E-state index contributed by atoms with van der Waals surface area (Å²) in [5.74, 6) is 2.08. The zero-order valence-corrected chi connectivity index (χ0v) is 13.6. The van der Waals surface area contributed by atoms with Crippen LogP contribution in [0.15, 0.2) is 18.2 Å². The molecule has 1 saturated carbocycles. The molecule has 23 heavy (non-hydrogen) atoms. The summed E-state index contributed by atoms with van der Waals surface area (Å²) in [6.45, 7) is 4.21. The lowest BCUT2D eigenvalue weighted by Gasteiger charge is -2.22. The van der Waals surface area contributed by atoms with Gasteiger partial charge in [0.2, 0.25) is 0 Å². The Morgan fingerprint density at radius 2 is 1.87 bits per heavy atom. The number of fused-ring (bicyclic) bond motifs is 6. The van der Waals surface area contributed by atoms with Crippen LogP contribution in [0.25, 0.3) is 10.8 Å². The van der Waals surface area contributed by atoms with Crippen molar-refractivity contribution in [3.05, 3.63) is 34.9 Å². The zero-order chi connectivity index (χ0) is 16.3. The quantitative estimate of drug-likeness (QED) is 0.617. The van der Waals surface area contributed by atoms with Crippen LogP contribution >= 0.6 is 0 Å². The van der Waals surface area contributed by atoms with Crippen molar-refractivity contribution in [2.75, 3.05) is 7.11 Å². The highest BCUT2D eigenvalue weighted by atomic mass is 16.7. The minimum Gasteiger partial charge on any atom is -0.507 e. The second-order valence-electron chi connectivity index (χ2n) is 6.76. The molecule has 2 aromatic rings. The Kier molecular flexibility index (Phi) is 3.05. The molecule has 3 unspecified atom stereocenters. The van der Waals surface area contributed by atoms with Crippen molar-refractivity contribution < 1.29 is 19.4 Å². The first-order valence-corrected chi connectivity index (χ1v) is 8.07. The monoisotopic (exact) mass is 312 g/mol. The van der Waals surface area contributed by atoms with E-state index in [-0.39, 0.29) is 0 Å². The van der Waals surface area contributed by atoms with Crippen molar-refractivity contribution in [1.29, 1.82) is 0 Å². The van der Waals surface area contributed by atoms with Gasteiger partial charge in [0.25, 0.3) is 0 Å². The molecule has 0 spiro atoms. The first-order chi connectivity index (χ1) is 11.0. The predicted molar refractivity (Wildman–Crippen MR) is 87.3 cm³/mol. The minimum atomic E-state index is -0.712. The van der Waals surface area contributed by atoms with Gasteiger partial charge in [-0.2, -0.15) is 0 Å². The summed E-state index contributed by atoms with van der Waals surface area (Å²) >= 11 is 0. The van der Waals surface area contributed by atoms with Crippen molar-refractivity contribution in [2.24, 2.45) is 5.92 Å². The maximum Gasteiger partial charge on any atom is 0.513 e. The van der Waals surface area contributed by atoms with Crippen molar-refractivity contribution >= 4 is 16.9 Å². The van der Waals surface area contributed by atoms with Gasteiger partial charge in [0.15, 0.2) is 0 Å². The number of aromatic hydroxyl groups is 1. The number of hydrogen-bond donors (Lipinski definition) is 1. The largest absolute Gasteiger partial charge is 0.513 e. The molecule has 3 atom stereocenters. The molecule has 4 nitrogen and oxygen atoms in total. The maximum atomic E-state index is 11.8. The Morgan fingerprint density at radius 1 is 1.17 bits per heavy atom. The smallest absolute Gasteiger partial charge is 0.507 e. The van der Waals surface area contributed by atoms with Gasteiger partial charge in [0.05, 0.1) is 7.11 Å². The maximum absolute atomic E-state index is 11.8. The zero-order valence-electron chi connectivity index (χ0n) is 13.6. The molecule has 4 rings (SSSR count). The normalized spacial score (nSPS) is 24.7. The number of hydrogen-bond acceptors (Lipinski definition) is 4. The van der Waals surface area contributed by atoms with Gasteiger partial charge < -0.3 is 14.6 Å². The van der Waals surface area contributed by atoms with Crippen LogP contribution in [0.5, 0.6) is 11.5 Å². The van der Waals surface area contributed by atoms with Gasteiger partial charge >= 0.3 is 6.16 Å². The van der Waals surface area contributed by atoms with E-state index in [1.54, 1.807) is 0 Å². The van der Waals surface area contributed by atoms with Crippen molar-refractivity contribution in [2.45, 2.75) is 38.5 Å². The molecule has 2 aliphatic carbocycles. The summed E-state index contributed by atoms with van der Waals surface area (Å²) in [4.78, 5) is 11.8. The van der Waals surface area contributed by atoms with Crippen LogP contribution < -0.4 is 4.74 Å². The number of methoxy groups -OCH3 is 1. The molecular weight excluding hydrogens is 292 g/mol. The summed E-state index contributed by atoms with van der Waals surface area (Å²) < 4.78 is 10.3. The van der Waals surface area contributed by atoms with E-state index in [4.69, 9.17) is 9.47 Å². The number of rotatable bonds is 1. The van der Waals surface area contributed by atoms with E-state index in [1.165, 1.54) is 7.11 Å². The van der Waals surface area contributed by atoms with Crippen molar-refractivity contribution in [3.63, 3.8) is 0 Å². The number of ether oxygens (including phenoxy) is 2. The van der Waals surface area contributed by atoms with E-state index in [9.17, 15) is 9.90 Å². The van der Waals surface area contributed by atoms with Gasteiger partial charge in [-0.25, -0.2) is 4.79 Å². The lowest BCUT2D eigenvalue weighted by atomic mass is 9.87. The Hall–Kier alpha value is -2.23. The first kappa shape index (κ1) is 14.4. The van der Waals surface area contributed by atoms with Crippen molar-refractivity contribution in [3.8, 4) is 11.5 Å². The summed E-state index contributed by atoms with van der Waals surface area (Å²) in [5, 5.41) is 12.4. The molecular formula is C19H20O4. The van der Waals surface area contributed by atoms with Crippen LogP contribution in [-0.2, 0) is 4.74 Å². The van der Waals surface area contributed by atoms with Crippen LogP contribution in [-0.4, -0.2) is 18.4 Å². The molecule has 4 heteroatoms. The molecule has 1 fully saturated rings. The summed E-state index contributed by atoms with van der Waals surface area (Å²) in [6.07, 6.45) is 1.45. The van der Waals surface area contributed by atoms with E-state index in [1.807, 2.05) is 25.1 Å². The number of benzene rings is 2. The van der Waals surface area contributed by atoms with Gasteiger partial charge in [0, 0.05) is 21.9 Å². The molecule has 0 heterocycles. The van der Waals surface area contributed by atoms with Gasteiger partial charge in [-0.05, 0) is 43.6 Å². The highest BCUT2D eigenvalue weighted by Crippen LogP contribution is 2.63. The van der Waals surface area contributed by atoms with Gasteiger partial charge in [-0.1, -0.05) is 24.6 Å². The topological polar surface area (TPSA) is 55.8 Å². The third kappa shape index (κ3) is 1.87. The van der Waals surface area contributed by atoms with Crippen LogP contribution in [0.2, 0.25) is 0 Å². The molecule has 2 bridgehead atoms. The van der Waals surface area contributed by atoms with E-state index in [0.29, 0.717) is 29.3 Å². The highest BCUT2D eigenvalue weighted by molar-refractivity contribution is 5.98. The van der Waals surface area contributed by atoms with Crippen LogP contribution in [0, 0.1) is 12.8 Å². The van der Waals surface area contributed by atoms with Gasteiger partial charge in [-0.3, -0.25) is 0 Å². The van der Waals surface area contributed by atoms with E-state index in [2.05, 4.69) is 6.92 Å². The second-order valence-corrected chi connectivity index (χ2v) is 6.76. The fraction of sp³-hybridized carbons (Fsp3) is 0.421. The Labute approximate surface area is 135 Å². The lowest BCUT2D eigenvalue weighted by molar-refractivity contribution is 0.121. The summed E-state index contributed by atoms with van der Waals surface area (Å²) in [5.41, 5.74) is 3.04. The average molecular weight is 312 g/mol. The Morgan fingerprint density at radius 3 is 2.57 bits per heavy atom. The molecule has 1 N–H and O–H groups in total. The molecule has 120 valence electrons. The van der Waals surface area contributed by atoms with Crippen LogP contribution in [0.1, 0.15) is 48.3 Å². The van der Waals surface area contributed by atoms with E-state index >= 15 is 0 Å². The number of phenols is 1. The first-order valence-electron chi connectivity index (χ1n) is 8.07. The number of phenolic OH excluding ortho intramolecular Hbond substituents is 1. The van der Waals surface area contributed by atoms with E-state index in [0.717, 1.165) is 40.3 Å². The molecule has 0 amide bonds. The Balaban J connectivity index is 2.06. The van der Waals surface area contributed by atoms with Crippen molar-refractivity contribution in [1.82, 2.24) is 0 Å². The molecule has 2 aromatic carbocycles. The molecule has 0 aliphatic heterocycles. The standard InChI is InChI=1S/C19H20O4/c1-9-4-5-13-14(8-9)18(23-19(21)22-3)16-12-7-6-11(10(12)2)15(16)17(13)20/h4-5,8,10-12,20H,6-7H2,1-3H3. The van der Waals surface area contributed by atoms with Crippen LogP contribution in [0.4, 0.5) is 4.79 Å². The van der Waals surface area contributed by atoms with Crippen LogP contribution in [0.3, 0.4) is 0 Å². The highest BCUT2D eigenvalue weighted by Gasteiger charge is 2.47. The lowest BCUT2D eigenvalue weighted by Crippen LogP contribution is -2.11. The molecule has 0 aromatic heterocycles. The summed E-state index contributed by atoms with van der Waals surface area (Å²) in [7, 11) is 1.31. The third-order valence-corrected chi connectivity index (χ3v) is 5.62. The molecule has 2 aliphatic rings. The predicted octanol–water partition coefficient (Wildman–Crippen LogP) is 4.61. The van der Waals surface area contributed by atoms with Gasteiger partial charge in [0.1, 0.15) is 11.5 Å². The minimum absolute atomic E-state index is 0.338. The van der Waals surface area contributed by atoms with E-state index < -0.39 is 6.16 Å². The number of carbonyl (C=O) groups excluding carboxylic acids is 1. The SMILES string of the molecule is COC(=O)Oc1c2c(c(O)c3ccc(C)cc13)C1CCC2C1C. The Bertz CT molecular complexity index is 824. The van der Waals surface area contributed by atoms with Gasteiger partial charge in [-0.15, -0.1) is 0 Å². The summed E-state index contributed by atoms with van der Waals surface area (Å²) in [6, 6.07) is 5.83. The second kappa shape index (κ2) is 4.88.